The number of nitro benzene ring substituents is 1. The Morgan fingerprint density at radius 1 is 1.31 bits per heavy atom. The van der Waals surface area contributed by atoms with Crippen molar-refractivity contribution in [2.45, 2.75) is 13.0 Å². The molecule has 0 radical (unpaired) electrons. The molecule has 1 aliphatic heterocycles. The van der Waals surface area contributed by atoms with Gasteiger partial charge in [-0.25, -0.2) is 4.79 Å². The number of rotatable bonds is 4. The molecule has 2 aromatic rings. The molecule has 0 fully saturated rings. The second-order valence-electron chi connectivity index (χ2n) is 5.54. The van der Waals surface area contributed by atoms with E-state index in [9.17, 15) is 14.9 Å². The van der Waals surface area contributed by atoms with Gasteiger partial charge in [0.05, 0.1) is 23.2 Å². The van der Waals surface area contributed by atoms with Crippen molar-refractivity contribution in [3.05, 3.63) is 63.5 Å². The number of nitrogens with one attached hydrogen (secondary N) is 2. The Hall–Kier alpha value is -3.20. The van der Waals surface area contributed by atoms with Crippen LogP contribution in [0.15, 0.2) is 52.1 Å². The predicted octanol–water partition coefficient (Wildman–Crippen LogP) is 2.82. The highest BCUT2D eigenvalue weighted by Gasteiger charge is 2.33. The molecular formula is C17H15N3O5S. The molecule has 134 valence electrons. The van der Waals surface area contributed by atoms with Gasteiger partial charge < -0.3 is 19.8 Å². The van der Waals surface area contributed by atoms with Crippen LogP contribution in [0.5, 0.6) is 0 Å². The maximum Gasteiger partial charge on any atom is 0.338 e. The number of furan rings is 1. The van der Waals surface area contributed by atoms with Gasteiger partial charge in [-0.05, 0) is 37.3 Å². The fraction of sp³-hybridized carbons (Fsp3) is 0.176. The van der Waals surface area contributed by atoms with Crippen LogP contribution in [0.4, 0.5) is 5.69 Å². The van der Waals surface area contributed by atoms with E-state index in [0.29, 0.717) is 33.5 Å². The Kier molecular flexibility index (Phi) is 4.72. The molecule has 2 N–H and O–H groups in total. The smallest absolute Gasteiger partial charge is 0.338 e. The molecule has 0 saturated heterocycles. The number of hydrogen-bond acceptors (Lipinski definition) is 6. The largest absolute Gasteiger partial charge is 0.466 e. The quantitative estimate of drug-likeness (QED) is 0.365. The first kappa shape index (κ1) is 17.6. The van der Waals surface area contributed by atoms with E-state index in [1.165, 1.54) is 13.2 Å². The summed E-state index contributed by atoms with van der Waals surface area (Å²) in [5.41, 5.74) is 1.15. The first-order chi connectivity index (χ1) is 12.4. The van der Waals surface area contributed by atoms with Gasteiger partial charge in [0.25, 0.3) is 5.69 Å². The van der Waals surface area contributed by atoms with Crippen LogP contribution in [-0.4, -0.2) is 23.1 Å². The highest BCUT2D eigenvalue weighted by Crippen LogP contribution is 2.35. The lowest BCUT2D eigenvalue weighted by Gasteiger charge is -2.27. The number of para-hydroxylation sites is 1. The minimum Gasteiger partial charge on any atom is -0.466 e. The van der Waals surface area contributed by atoms with Gasteiger partial charge in [0, 0.05) is 11.8 Å². The van der Waals surface area contributed by atoms with Crippen molar-refractivity contribution in [2.75, 3.05) is 7.11 Å². The summed E-state index contributed by atoms with van der Waals surface area (Å²) in [6, 6.07) is 8.88. The molecule has 0 saturated carbocycles. The Morgan fingerprint density at radius 3 is 2.73 bits per heavy atom. The summed E-state index contributed by atoms with van der Waals surface area (Å²) < 4.78 is 10.7. The number of carbonyl (C=O) groups excluding carboxylic acids is 1. The first-order valence-corrected chi connectivity index (χ1v) is 8.03. The number of allylic oxidation sites excluding steroid dienone is 1. The molecule has 0 spiro atoms. The fourth-order valence-corrected chi connectivity index (χ4v) is 3.05. The van der Waals surface area contributed by atoms with Crippen molar-refractivity contribution in [2.24, 2.45) is 0 Å². The third kappa shape index (κ3) is 3.16. The second kappa shape index (κ2) is 6.96. The minimum absolute atomic E-state index is 0.0675. The van der Waals surface area contributed by atoms with E-state index in [1.54, 1.807) is 37.3 Å². The Balaban J connectivity index is 2.04. The van der Waals surface area contributed by atoms with Crippen LogP contribution in [0.2, 0.25) is 0 Å². The van der Waals surface area contributed by atoms with Crippen LogP contribution in [0.1, 0.15) is 18.7 Å². The predicted molar refractivity (Wildman–Crippen MR) is 97.1 cm³/mol. The minimum atomic E-state index is -0.660. The second-order valence-corrected chi connectivity index (χ2v) is 5.95. The van der Waals surface area contributed by atoms with Crippen molar-refractivity contribution in [3.63, 3.8) is 0 Å². The van der Waals surface area contributed by atoms with Gasteiger partial charge in [0.2, 0.25) is 0 Å². The van der Waals surface area contributed by atoms with Gasteiger partial charge in [-0.1, -0.05) is 12.1 Å². The summed E-state index contributed by atoms with van der Waals surface area (Å²) in [6.07, 6.45) is 0. The monoisotopic (exact) mass is 373 g/mol. The van der Waals surface area contributed by atoms with Crippen LogP contribution in [0.25, 0.3) is 11.3 Å². The third-order valence-electron chi connectivity index (χ3n) is 3.95. The summed E-state index contributed by atoms with van der Waals surface area (Å²) in [6.45, 7) is 1.71. The first-order valence-electron chi connectivity index (χ1n) is 7.62. The normalized spacial score (nSPS) is 16.7. The zero-order valence-corrected chi connectivity index (χ0v) is 14.8. The van der Waals surface area contributed by atoms with E-state index in [-0.39, 0.29) is 5.69 Å². The van der Waals surface area contributed by atoms with Crippen molar-refractivity contribution in [1.82, 2.24) is 10.6 Å². The highest BCUT2D eigenvalue weighted by atomic mass is 32.1. The van der Waals surface area contributed by atoms with E-state index in [4.69, 9.17) is 21.4 Å². The molecule has 1 aliphatic rings. The van der Waals surface area contributed by atoms with Gasteiger partial charge in [-0.3, -0.25) is 10.1 Å². The SMILES string of the molecule is COC(=O)C1=C(C)NC(=S)N[C@H]1c1ccc(-c2ccccc2[N+](=O)[O-])o1. The number of benzene rings is 1. The van der Waals surface area contributed by atoms with Crippen molar-refractivity contribution >= 4 is 29.0 Å². The number of esters is 1. The number of methoxy groups -OCH3 is 1. The van der Waals surface area contributed by atoms with E-state index in [2.05, 4.69) is 10.6 Å². The molecule has 1 aromatic carbocycles. The van der Waals surface area contributed by atoms with E-state index in [1.807, 2.05) is 0 Å². The number of carbonyl (C=O) groups is 1. The maximum absolute atomic E-state index is 12.2. The topological polar surface area (TPSA) is 107 Å². The molecular weight excluding hydrogens is 358 g/mol. The van der Waals surface area contributed by atoms with Gasteiger partial charge >= 0.3 is 5.97 Å². The number of nitro groups is 1. The number of hydrogen-bond donors (Lipinski definition) is 2. The van der Waals surface area contributed by atoms with Crippen LogP contribution < -0.4 is 10.6 Å². The van der Waals surface area contributed by atoms with E-state index < -0.39 is 16.9 Å². The van der Waals surface area contributed by atoms with Crippen molar-refractivity contribution in [1.29, 1.82) is 0 Å². The lowest BCUT2D eigenvalue weighted by atomic mass is 10.0. The van der Waals surface area contributed by atoms with Crippen LogP contribution in [0.3, 0.4) is 0 Å². The standard InChI is InChI=1S/C17H15N3O5S/c1-9-14(16(21)24-2)15(19-17(26)18-9)13-8-7-12(25-13)10-5-3-4-6-11(10)20(22)23/h3-8,15H,1-2H3,(H2,18,19,26)/t15-/m0/s1. The zero-order chi connectivity index (χ0) is 18.8. The number of thiocarbonyl (C=S) groups is 1. The fourth-order valence-electron chi connectivity index (χ4n) is 2.78. The molecule has 3 rings (SSSR count). The van der Waals surface area contributed by atoms with Gasteiger partial charge in [0.15, 0.2) is 5.11 Å². The molecule has 26 heavy (non-hydrogen) atoms. The van der Waals surface area contributed by atoms with Crippen LogP contribution in [-0.2, 0) is 9.53 Å². The Morgan fingerprint density at radius 2 is 2.04 bits per heavy atom. The van der Waals surface area contributed by atoms with E-state index in [0.717, 1.165) is 0 Å². The summed E-state index contributed by atoms with van der Waals surface area (Å²) in [5, 5.41) is 17.4. The molecule has 0 aliphatic carbocycles. The highest BCUT2D eigenvalue weighted by molar-refractivity contribution is 7.80. The van der Waals surface area contributed by atoms with Gasteiger partial charge in [-0.2, -0.15) is 0 Å². The summed E-state index contributed by atoms with van der Waals surface area (Å²) >= 11 is 5.15. The zero-order valence-electron chi connectivity index (χ0n) is 13.9. The third-order valence-corrected chi connectivity index (χ3v) is 4.17. The van der Waals surface area contributed by atoms with Crippen molar-refractivity contribution in [3.8, 4) is 11.3 Å². The maximum atomic E-state index is 12.2. The lowest BCUT2D eigenvalue weighted by molar-refractivity contribution is -0.384. The summed E-state index contributed by atoms with van der Waals surface area (Å²) in [4.78, 5) is 22.9. The average molecular weight is 373 g/mol. The van der Waals surface area contributed by atoms with Gasteiger partial charge in [0.1, 0.15) is 17.6 Å². The average Bonchev–Trinajstić information content (AvgIpc) is 3.10. The molecule has 0 unspecified atom stereocenters. The van der Waals surface area contributed by atoms with Gasteiger partial charge in [-0.15, -0.1) is 0 Å². The summed E-state index contributed by atoms with van der Waals surface area (Å²) in [7, 11) is 1.29. The molecule has 2 heterocycles. The van der Waals surface area contributed by atoms with Crippen LogP contribution >= 0.6 is 12.2 Å². The lowest BCUT2D eigenvalue weighted by Crippen LogP contribution is -2.44. The number of nitrogens with zero attached hydrogens (tertiary/aromatic N) is 1. The van der Waals surface area contributed by atoms with E-state index >= 15 is 0 Å². The molecule has 0 amide bonds. The summed E-state index contributed by atoms with van der Waals surface area (Å²) in [5.74, 6) is 0.181. The Bertz CT molecular complexity index is 934. The van der Waals surface area contributed by atoms with Crippen LogP contribution in [0, 0.1) is 10.1 Å². The molecule has 1 aromatic heterocycles. The molecule has 0 bridgehead atoms. The Labute approximate surface area is 154 Å². The molecule has 9 heteroatoms. The molecule has 8 nitrogen and oxygen atoms in total. The molecule has 1 atom stereocenters. The van der Waals surface area contributed by atoms with Crippen molar-refractivity contribution < 1.29 is 18.9 Å². The number of ether oxygens (including phenoxy) is 1.